The number of allylic oxidation sites excluding steroid dienone is 1. The maximum Gasteiger partial charge on any atom is 0.263 e. The minimum absolute atomic E-state index is 0.200. The summed E-state index contributed by atoms with van der Waals surface area (Å²) in [6.07, 6.45) is 3.34. The van der Waals surface area contributed by atoms with Crippen LogP contribution in [0.25, 0.3) is 0 Å². The Morgan fingerprint density at radius 1 is 1.67 bits per heavy atom. The minimum atomic E-state index is -1.29. The Morgan fingerprint density at radius 3 is 2.87 bits per heavy atom. The summed E-state index contributed by atoms with van der Waals surface area (Å²) < 4.78 is -1.29. The molecule has 1 rings (SSSR count). The van der Waals surface area contributed by atoms with Gasteiger partial charge in [0, 0.05) is 12.3 Å². The van der Waals surface area contributed by atoms with Gasteiger partial charge in [-0.25, -0.2) is 0 Å². The van der Waals surface area contributed by atoms with Gasteiger partial charge in [0.05, 0.1) is 5.03 Å². The average Bonchev–Trinajstić information content (AvgIpc) is 2.28. The molecule has 0 aliphatic carbocycles. The molecule has 1 fully saturated rings. The van der Waals surface area contributed by atoms with Crippen molar-refractivity contribution in [1.29, 1.82) is 0 Å². The Morgan fingerprint density at radius 2 is 2.33 bits per heavy atom. The molecule has 0 spiro atoms. The van der Waals surface area contributed by atoms with Crippen LogP contribution in [0.1, 0.15) is 26.7 Å². The third kappa shape index (κ3) is 3.05. The fourth-order valence-electron chi connectivity index (χ4n) is 1.38. The zero-order chi connectivity index (χ0) is 11.5. The molecule has 86 valence electrons. The molecule has 0 aromatic rings. The number of nitrogens with zero attached hydrogens (tertiary/aromatic N) is 1. The van der Waals surface area contributed by atoms with Crippen LogP contribution in [0.3, 0.4) is 0 Å². The molecule has 1 saturated heterocycles. The third-order valence-corrected chi connectivity index (χ3v) is 4.39. The quantitative estimate of drug-likeness (QED) is 0.715. The van der Waals surface area contributed by atoms with Crippen LogP contribution in [0.5, 0.6) is 0 Å². The smallest absolute Gasteiger partial charge is 0.263 e. The highest BCUT2D eigenvalue weighted by atomic mass is 35.5. The highest BCUT2D eigenvalue weighted by molar-refractivity contribution is 8.03. The van der Waals surface area contributed by atoms with E-state index in [9.17, 15) is 4.79 Å². The van der Waals surface area contributed by atoms with Crippen LogP contribution < -0.4 is 0 Å². The number of thioether (sulfide) groups is 1. The van der Waals surface area contributed by atoms with Crippen molar-refractivity contribution in [1.82, 2.24) is 4.90 Å². The van der Waals surface area contributed by atoms with Crippen molar-refractivity contribution < 1.29 is 4.79 Å². The van der Waals surface area contributed by atoms with E-state index < -0.39 is 4.33 Å². The molecule has 0 aromatic heterocycles. The molecule has 1 aliphatic heterocycles. The van der Waals surface area contributed by atoms with E-state index in [4.69, 9.17) is 23.2 Å². The predicted octanol–water partition coefficient (Wildman–Crippen LogP) is 3.40. The van der Waals surface area contributed by atoms with E-state index in [0.29, 0.717) is 13.0 Å². The zero-order valence-electron chi connectivity index (χ0n) is 8.93. The van der Waals surface area contributed by atoms with E-state index in [1.807, 2.05) is 19.9 Å². The van der Waals surface area contributed by atoms with Crippen LogP contribution in [0.15, 0.2) is 11.1 Å². The molecule has 0 bridgehead atoms. The largest absolute Gasteiger partial charge is 0.304 e. The monoisotopic (exact) mass is 267 g/mol. The van der Waals surface area contributed by atoms with Crippen LogP contribution in [0, 0.1) is 0 Å². The highest BCUT2D eigenvalue weighted by Gasteiger charge is 2.37. The Hall–Kier alpha value is 0.140. The number of carbonyl (C=O) groups is 1. The van der Waals surface area contributed by atoms with Gasteiger partial charge in [0.1, 0.15) is 0 Å². The fraction of sp³-hybridized carbons (Fsp3) is 0.700. The Kier molecular flexibility index (Phi) is 4.81. The normalized spacial score (nSPS) is 20.8. The summed E-state index contributed by atoms with van der Waals surface area (Å²) in [6.45, 7) is 4.45. The van der Waals surface area contributed by atoms with Gasteiger partial charge in [0.2, 0.25) is 0 Å². The molecule has 0 N–H and O–H groups in total. The summed E-state index contributed by atoms with van der Waals surface area (Å²) in [7, 11) is 0. The number of carbonyl (C=O) groups excluding carboxylic acids is 1. The summed E-state index contributed by atoms with van der Waals surface area (Å²) >= 11 is 13.6. The van der Waals surface area contributed by atoms with E-state index >= 15 is 0 Å². The van der Waals surface area contributed by atoms with Crippen molar-refractivity contribution >= 4 is 40.9 Å². The Labute approximate surface area is 105 Å². The number of hydrogen-bond acceptors (Lipinski definition) is 2. The van der Waals surface area contributed by atoms with E-state index in [2.05, 4.69) is 0 Å². The maximum absolute atomic E-state index is 12.0. The van der Waals surface area contributed by atoms with E-state index in [-0.39, 0.29) is 5.91 Å². The van der Waals surface area contributed by atoms with Crippen molar-refractivity contribution in [3.63, 3.8) is 0 Å². The second kappa shape index (κ2) is 5.46. The van der Waals surface area contributed by atoms with Crippen LogP contribution in [0.2, 0.25) is 0 Å². The van der Waals surface area contributed by atoms with E-state index in [1.165, 1.54) is 0 Å². The molecule has 2 nitrogen and oxygen atoms in total. The SMILES string of the molecule is C/C=C1/SCCCN1C(=O)C(Cl)(Cl)CC. The van der Waals surface area contributed by atoms with Gasteiger partial charge in [-0.15, -0.1) is 11.8 Å². The van der Waals surface area contributed by atoms with Gasteiger partial charge >= 0.3 is 0 Å². The van der Waals surface area contributed by atoms with Gasteiger partial charge in [0.25, 0.3) is 5.91 Å². The molecule has 0 atom stereocenters. The highest BCUT2D eigenvalue weighted by Crippen LogP contribution is 2.34. The molecular weight excluding hydrogens is 253 g/mol. The molecule has 1 aliphatic rings. The second-order valence-corrected chi connectivity index (χ2v) is 5.94. The van der Waals surface area contributed by atoms with Crippen molar-refractivity contribution in [3.05, 3.63) is 11.1 Å². The first-order valence-electron chi connectivity index (χ1n) is 5.02. The molecular formula is C10H15Cl2NOS. The van der Waals surface area contributed by atoms with Crippen LogP contribution in [0.4, 0.5) is 0 Å². The lowest BCUT2D eigenvalue weighted by Gasteiger charge is -2.32. The molecule has 0 aromatic carbocycles. The minimum Gasteiger partial charge on any atom is -0.304 e. The maximum atomic E-state index is 12.0. The number of alkyl halides is 2. The first-order valence-corrected chi connectivity index (χ1v) is 6.76. The molecule has 0 unspecified atom stereocenters. The lowest BCUT2D eigenvalue weighted by Crippen LogP contribution is -2.42. The first-order chi connectivity index (χ1) is 7.03. The van der Waals surface area contributed by atoms with E-state index in [1.54, 1.807) is 16.7 Å². The number of rotatable bonds is 2. The summed E-state index contributed by atoms with van der Waals surface area (Å²) in [6, 6.07) is 0. The Balaban J connectivity index is 2.81. The molecule has 15 heavy (non-hydrogen) atoms. The van der Waals surface area contributed by atoms with Crippen LogP contribution >= 0.6 is 35.0 Å². The van der Waals surface area contributed by atoms with Crippen molar-refractivity contribution in [2.45, 2.75) is 31.0 Å². The summed E-state index contributed by atoms with van der Waals surface area (Å²) in [5, 5.41) is 0.963. The zero-order valence-corrected chi connectivity index (χ0v) is 11.3. The summed E-state index contributed by atoms with van der Waals surface area (Å²) in [5.41, 5.74) is 0. The van der Waals surface area contributed by atoms with Gasteiger partial charge in [0.15, 0.2) is 4.33 Å². The average molecular weight is 268 g/mol. The van der Waals surface area contributed by atoms with Crippen molar-refractivity contribution in [2.75, 3.05) is 12.3 Å². The molecule has 1 heterocycles. The van der Waals surface area contributed by atoms with Gasteiger partial charge in [-0.2, -0.15) is 0 Å². The number of hydrogen-bond donors (Lipinski definition) is 0. The molecule has 5 heteroatoms. The second-order valence-electron chi connectivity index (χ2n) is 3.34. The first kappa shape index (κ1) is 13.2. The standard InChI is InChI=1S/C10H15Cl2NOS/c1-3-8-13(6-5-7-15-8)9(14)10(11,12)4-2/h3H,4-7H2,1-2H3/b8-3+. The molecule has 0 saturated carbocycles. The summed E-state index contributed by atoms with van der Waals surface area (Å²) in [4.78, 5) is 13.7. The fourth-order valence-corrected chi connectivity index (χ4v) is 2.56. The van der Waals surface area contributed by atoms with Gasteiger partial charge < -0.3 is 4.90 Å². The molecule has 0 radical (unpaired) electrons. The van der Waals surface area contributed by atoms with Crippen molar-refractivity contribution in [2.24, 2.45) is 0 Å². The molecule has 1 amide bonds. The lowest BCUT2D eigenvalue weighted by atomic mass is 10.2. The number of amides is 1. The van der Waals surface area contributed by atoms with Crippen molar-refractivity contribution in [3.8, 4) is 0 Å². The topological polar surface area (TPSA) is 20.3 Å². The van der Waals surface area contributed by atoms with Gasteiger partial charge in [-0.1, -0.05) is 36.2 Å². The van der Waals surface area contributed by atoms with Crippen LogP contribution in [-0.2, 0) is 4.79 Å². The van der Waals surface area contributed by atoms with Gasteiger partial charge in [-0.3, -0.25) is 4.79 Å². The third-order valence-electron chi connectivity index (χ3n) is 2.29. The lowest BCUT2D eigenvalue weighted by molar-refractivity contribution is -0.129. The predicted molar refractivity (Wildman–Crippen MR) is 67.3 cm³/mol. The number of halogens is 2. The van der Waals surface area contributed by atoms with Crippen LogP contribution in [-0.4, -0.2) is 27.4 Å². The van der Waals surface area contributed by atoms with E-state index in [0.717, 1.165) is 17.2 Å². The summed E-state index contributed by atoms with van der Waals surface area (Å²) in [5.74, 6) is 0.848. The Bertz CT molecular complexity index is 279. The van der Waals surface area contributed by atoms with Gasteiger partial charge in [-0.05, 0) is 19.8 Å².